The molecule has 0 aromatic heterocycles. The second-order valence-corrected chi connectivity index (χ2v) is 1.45. The lowest BCUT2D eigenvalue weighted by Crippen LogP contribution is -1.95. The van der Waals surface area contributed by atoms with Crippen molar-refractivity contribution in [2.75, 3.05) is 0 Å². The largest absolute Gasteiger partial charge is 0.371 e. The molecule has 0 radical (unpaired) electrons. The Morgan fingerprint density at radius 1 is 1.45 bits per heavy atom. The molecule has 11 heavy (non-hydrogen) atoms. The van der Waals surface area contributed by atoms with Crippen LogP contribution in [-0.4, -0.2) is 5.97 Å². The minimum Gasteiger partial charge on any atom is -0.371 e. The molecule has 0 atom stereocenters. The number of hydrogen-bond donors (Lipinski definition) is 0. The molecule has 0 saturated heterocycles. The fourth-order valence-corrected chi connectivity index (χ4v) is 0.247. The summed E-state index contributed by atoms with van der Waals surface area (Å²) in [7, 11) is 0. The Bertz CT molecular complexity index is 285. The number of ether oxygens (including phenoxy) is 1. The molecule has 0 spiro atoms. The van der Waals surface area contributed by atoms with Crippen LogP contribution in [0, 0.1) is 36.2 Å². The van der Waals surface area contributed by atoms with Crippen LogP contribution in [0.3, 0.4) is 0 Å². The topological polar surface area (TPSA) is 26.3 Å². The van der Waals surface area contributed by atoms with Gasteiger partial charge in [-0.15, -0.1) is 6.42 Å². The predicted octanol–water partition coefficient (Wildman–Crippen LogP) is 0.537. The number of carbonyl (C=O) groups excluding carboxylic acids is 1. The summed E-state index contributed by atoms with van der Waals surface area (Å²) in [4.78, 5) is 10.4. The van der Waals surface area contributed by atoms with Crippen LogP contribution in [0.1, 0.15) is 13.3 Å². The Hall–Kier alpha value is -1.85. The van der Waals surface area contributed by atoms with E-state index in [1.165, 1.54) is 0 Å². The molecule has 0 aliphatic heterocycles. The van der Waals surface area contributed by atoms with Crippen LogP contribution in [0.4, 0.5) is 0 Å². The molecule has 2 nitrogen and oxygen atoms in total. The van der Waals surface area contributed by atoms with Gasteiger partial charge in [0.1, 0.15) is 6.11 Å². The first-order valence-electron chi connectivity index (χ1n) is 2.96. The summed E-state index contributed by atoms with van der Waals surface area (Å²) in [6.07, 6.45) is 7.20. The zero-order chi connectivity index (χ0) is 8.53. The normalized spacial score (nSPS) is 5.82. The molecule has 54 valence electrons. The lowest BCUT2D eigenvalue weighted by molar-refractivity contribution is -0.136. The average Bonchev–Trinajstić information content (AvgIpc) is 2.04. The van der Waals surface area contributed by atoms with E-state index in [0.717, 1.165) is 0 Å². The Morgan fingerprint density at radius 3 is 2.73 bits per heavy atom. The van der Waals surface area contributed by atoms with E-state index in [0.29, 0.717) is 6.42 Å². The maximum Gasteiger partial charge on any atom is 0.319 e. The first kappa shape index (κ1) is 9.15. The first-order chi connectivity index (χ1) is 5.31. The molecule has 0 heterocycles. The number of rotatable bonds is 1. The predicted molar refractivity (Wildman–Crippen MR) is 40.8 cm³/mol. The van der Waals surface area contributed by atoms with Gasteiger partial charge in [0.15, 0.2) is 0 Å². The van der Waals surface area contributed by atoms with Crippen LogP contribution in [0.15, 0.2) is 0 Å². The van der Waals surface area contributed by atoms with Gasteiger partial charge >= 0.3 is 5.97 Å². The lowest BCUT2D eigenvalue weighted by atomic mass is 10.5. The van der Waals surface area contributed by atoms with Crippen LogP contribution < -0.4 is 0 Å². The van der Waals surface area contributed by atoms with Crippen molar-refractivity contribution in [2.24, 2.45) is 0 Å². The smallest absolute Gasteiger partial charge is 0.319 e. The van der Waals surface area contributed by atoms with Crippen molar-refractivity contribution in [3.8, 4) is 36.2 Å². The molecule has 0 saturated carbocycles. The third-order valence-electron chi connectivity index (χ3n) is 0.702. The van der Waals surface area contributed by atoms with Crippen molar-refractivity contribution in [3.63, 3.8) is 0 Å². The Balaban J connectivity index is 3.76. The molecule has 0 rings (SSSR count). The Labute approximate surface area is 65.9 Å². The highest BCUT2D eigenvalue weighted by Gasteiger charge is 1.91. The van der Waals surface area contributed by atoms with Crippen LogP contribution in [0.5, 0.6) is 0 Å². The van der Waals surface area contributed by atoms with Gasteiger partial charge in [0.25, 0.3) is 0 Å². The van der Waals surface area contributed by atoms with E-state index in [2.05, 4.69) is 34.5 Å². The summed E-state index contributed by atoms with van der Waals surface area (Å²) in [6.45, 7) is 1.68. The van der Waals surface area contributed by atoms with E-state index in [1.54, 1.807) is 6.92 Å². The van der Waals surface area contributed by atoms with Gasteiger partial charge in [0, 0.05) is 18.3 Å². The second kappa shape index (κ2) is 6.27. The highest BCUT2D eigenvalue weighted by Crippen LogP contribution is 1.79. The molecule has 0 aromatic carbocycles. The van der Waals surface area contributed by atoms with E-state index >= 15 is 0 Å². The highest BCUT2D eigenvalue weighted by molar-refractivity contribution is 5.70. The van der Waals surface area contributed by atoms with Crippen molar-refractivity contribution in [2.45, 2.75) is 13.3 Å². The molecule has 0 N–H and O–H groups in total. The highest BCUT2D eigenvalue weighted by atomic mass is 16.5. The van der Waals surface area contributed by atoms with E-state index in [-0.39, 0.29) is 5.97 Å². The van der Waals surface area contributed by atoms with Crippen molar-refractivity contribution in [1.29, 1.82) is 0 Å². The fourth-order valence-electron chi connectivity index (χ4n) is 0.247. The fraction of sp³-hybridized carbons (Fsp3) is 0.222. The van der Waals surface area contributed by atoms with Gasteiger partial charge in [0.2, 0.25) is 0 Å². The molecule has 0 unspecified atom stereocenters. The maximum atomic E-state index is 10.4. The lowest BCUT2D eigenvalue weighted by Gasteiger charge is -1.85. The van der Waals surface area contributed by atoms with E-state index < -0.39 is 0 Å². The molecule has 0 amide bonds. The zero-order valence-corrected chi connectivity index (χ0v) is 6.10. The summed E-state index contributed by atoms with van der Waals surface area (Å²) < 4.78 is 4.37. The van der Waals surface area contributed by atoms with Gasteiger partial charge in [-0.2, -0.15) is 0 Å². The molecule has 0 bridgehead atoms. The van der Waals surface area contributed by atoms with Crippen LogP contribution in [0.2, 0.25) is 0 Å². The first-order valence-corrected chi connectivity index (χ1v) is 2.96. The van der Waals surface area contributed by atoms with E-state index in [4.69, 9.17) is 6.42 Å². The summed E-state index contributed by atoms with van der Waals surface area (Å²) in [5.41, 5.74) is 0. The molecule has 0 aromatic rings. The van der Waals surface area contributed by atoms with Crippen LogP contribution in [-0.2, 0) is 9.53 Å². The maximum absolute atomic E-state index is 10.4. The average molecular weight is 146 g/mol. The summed E-state index contributed by atoms with van der Waals surface area (Å²) in [5, 5.41) is 0. The van der Waals surface area contributed by atoms with Crippen LogP contribution >= 0.6 is 0 Å². The molecular formula is C9H6O2. The summed E-state index contributed by atoms with van der Waals surface area (Å²) in [6, 6.07) is 0. The Morgan fingerprint density at radius 2 is 2.18 bits per heavy atom. The minimum absolute atomic E-state index is 0.303. The third kappa shape index (κ3) is 6.03. The van der Waals surface area contributed by atoms with Gasteiger partial charge in [-0.1, -0.05) is 6.92 Å². The molecule has 0 fully saturated rings. The number of esters is 1. The third-order valence-corrected chi connectivity index (χ3v) is 0.702. The van der Waals surface area contributed by atoms with E-state index in [9.17, 15) is 4.79 Å². The second-order valence-electron chi connectivity index (χ2n) is 1.45. The summed E-state index contributed by atoms with van der Waals surface area (Å²) in [5.74, 6) is 8.49. The standard InChI is InChI=1S/C9H6O2/c1-3-5-6-7-8-11-9(10)4-2/h1H,4H2,2H3. The quantitative estimate of drug-likeness (QED) is 0.398. The summed E-state index contributed by atoms with van der Waals surface area (Å²) >= 11 is 0. The molecule has 0 aliphatic rings. The van der Waals surface area contributed by atoms with Crippen molar-refractivity contribution >= 4 is 5.97 Å². The van der Waals surface area contributed by atoms with Crippen molar-refractivity contribution in [1.82, 2.24) is 0 Å². The van der Waals surface area contributed by atoms with Gasteiger partial charge in [0.05, 0.1) is 0 Å². The molecular weight excluding hydrogens is 140 g/mol. The monoisotopic (exact) mass is 146 g/mol. The SMILES string of the molecule is C#CC#CC#COC(=O)CC. The number of hydrogen-bond acceptors (Lipinski definition) is 2. The number of terminal acetylenes is 1. The van der Waals surface area contributed by atoms with Gasteiger partial charge in [-0.25, -0.2) is 0 Å². The molecule has 2 heteroatoms. The van der Waals surface area contributed by atoms with Gasteiger partial charge in [-0.05, 0) is 11.8 Å². The zero-order valence-electron chi connectivity index (χ0n) is 6.10. The van der Waals surface area contributed by atoms with Gasteiger partial charge < -0.3 is 4.74 Å². The minimum atomic E-state index is -0.375. The van der Waals surface area contributed by atoms with Crippen molar-refractivity contribution < 1.29 is 9.53 Å². The van der Waals surface area contributed by atoms with Crippen molar-refractivity contribution in [3.05, 3.63) is 0 Å². The van der Waals surface area contributed by atoms with Crippen LogP contribution in [0.25, 0.3) is 0 Å². The van der Waals surface area contributed by atoms with Gasteiger partial charge in [-0.3, -0.25) is 4.79 Å². The molecule has 0 aliphatic carbocycles. The van der Waals surface area contributed by atoms with E-state index in [1.807, 2.05) is 0 Å². The Kier molecular flexibility index (Phi) is 5.22. The number of carbonyl (C=O) groups is 1.